The van der Waals surface area contributed by atoms with Crippen LogP contribution < -0.4 is 0 Å². The van der Waals surface area contributed by atoms with Gasteiger partial charge in [-0.15, -0.1) is 6.58 Å². The summed E-state index contributed by atoms with van der Waals surface area (Å²) in [4.78, 5) is 0. The van der Waals surface area contributed by atoms with Gasteiger partial charge in [-0.3, -0.25) is 0 Å². The molecule has 0 aromatic rings. The van der Waals surface area contributed by atoms with Gasteiger partial charge in [0.05, 0.1) is 0 Å². The predicted molar refractivity (Wildman–Crippen MR) is 66.5 cm³/mol. The first-order valence-corrected chi connectivity index (χ1v) is 6.20. The van der Waals surface area contributed by atoms with Crippen LogP contribution in [0.25, 0.3) is 0 Å². The highest BCUT2D eigenvalue weighted by molar-refractivity contribution is 4.87. The lowest BCUT2D eigenvalue weighted by Crippen LogP contribution is -2.02. The van der Waals surface area contributed by atoms with Gasteiger partial charge in [0.25, 0.3) is 0 Å². The van der Waals surface area contributed by atoms with Gasteiger partial charge in [-0.2, -0.15) is 0 Å². The van der Waals surface area contributed by atoms with Gasteiger partial charge in [-0.1, -0.05) is 45.6 Å². The Kier molecular flexibility index (Phi) is 7.93. The average molecular weight is 196 g/mol. The van der Waals surface area contributed by atoms with Crippen LogP contribution in [-0.4, -0.2) is 0 Å². The monoisotopic (exact) mass is 196 g/mol. The number of rotatable bonds is 8. The maximum absolute atomic E-state index is 3.93. The van der Waals surface area contributed by atoms with E-state index in [0.29, 0.717) is 0 Å². The van der Waals surface area contributed by atoms with Crippen molar-refractivity contribution in [1.82, 2.24) is 0 Å². The molecule has 0 heteroatoms. The standard InChI is InChI=1S/C14H28/c1-6-13(4)11-14(5)10-8-7-9-12(2)3/h13-14H,2,6-11H2,1,3-5H3. The molecule has 84 valence electrons. The molecule has 0 saturated carbocycles. The van der Waals surface area contributed by atoms with Gasteiger partial charge >= 0.3 is 0 Å². The lowest BCUT2D eigenvalue weighted by Gasteiger charge is -2.15. The van der Waals surface area contributed by atoms with E-state index in [0.717, 1.165) is 11.8 Å². The van der Waals surface area contributed by atoms with Crippen LogP contribution in [-0.2, 0) is 0 Å². The second-order valence-electron chi connectivity index (χ2n) is 5.06. The smallest absolute Gasteiger partial charge is 0.0326 e. The van der Waals surface area contributed by atoms with Crippen LogP contribution in [0.5, 0.6) is 0 Å². The Hall–Kier alpha value is -0.260. The van der Waals surface area contributed by atoms with Crippen LogP contribution in [0.15, 0.2) is 12.2 Å². The molecule has 2 unspecified atom stereocenters. The summed E-state index contributed by atoms with van der Waals surface area (Å²) in [5.74, 6) is 1.82. The molecule has 0 N–H and O–H groups in total. The average Bonchev–Trinajstić information content (AvgIpc) is 2.12. The largest absolute Gasteiger partial charge is 0.100 e. The molecule has 0 fully saturated rings. The molecular formula is C14H28. The van der Waals surface area contributed by atoms with Crippen LogP contribution in [0.3, 0.4) is 0 Å². The summed E-state index contributed by atoms with van der Waals surface area (Å²) < 4.78 is 0. The van der Waals surface area contributed by atoms with Crippen molar-refractivity contribution in [3.63, 3.8) is 0 Å². The molecule has 0 aliphatic rings. The maximum atomic E-state index is 3.93. The summed E-state index contributed by atoms with van der Waals surface area (Å²) in [6, 6.07) is 0. The zero-order valence-corrected chi connectivity index (χ0v) is 10.6. The van der Waals surface area contributed by atoms with Crippen molar-refractivity contribution in [3.8, 4) is 0 Å². The number of unbranched alkanes of at least 4 members (excludes halogenated alkanes) is 1. The topological polar surface area (TPSA) is 0 Å². The molecule has 0 aromatic heterocycles. The fourth-order valence-electron chi connectivity index (χ4n) is 1.89. The molecular weight excluding hydrogens is 168 g/mol. The van der Waals surface area contributed by atoms with Crippen LogP contribution in [0.4, 0.5) is 0 Å². The maximum Gasteiger partial charge on any atom is -0.0326 e. The van der Waals surface area contributed by atoms with Crippen molar-refractivity contribution >= 4 is 0 Å². The highest BCUT2D eigenvalue weighted by Gasteiger charge is 2.06. The van der Waals surface area contributed by atoms with E-state index in [4.69, 9.17) is 0 Å². The SMILES string of the molecule is C=C(C)CCCCC(C)CC(C)CC. The molecule has 0 rings (SSSR count). The summed E-state index contributed by atoms with van der Waals surface area (Å²) in [5, 5.41) is 0. The molecule has 0 aromatic carbocycles. The first-order chi connectivity index (χ1) is 6.56. The van der Waals surface area contributed by atoms with Crippen LogP contribution in [0, 0.1) is 11.8 Å². The van der Waals surface area contributed by atoms with E-state index in [-0.39, 0.29) is 0 Å². The van der Waals surface area contributed by atoms with Crippen molar-refractivity contribution in [2.45, 2.75) is 66.2 Å². The van der Waals surface area contributed by atoms with Gasteiger partial charge in [0.15, 0.2) is 0 Å². The van der Waals surface area contributed by atoms with E-state index >= 15 is 0 Å². The Balaban J connectivity index is 3.35. The normalized spacial score (nSPS) is 15.1. The molecule has 2 atom stereocenters. The molecule has 0 radical (unpaired) electrons. The van der Waals surface area contributed by atoms with Gasteiger partial charge < -0.3 is 0 Å². The zero-order valence-electron chi connectivity index (χ0n) is 10.6. The molecule has 0 aliphatic heterocycles. The van der Waals surface area contributed by atoms with Gasteiger partial charge in [0, 0.05) is 0 Å². The quantitative estimate of drug-likeness (QED) is 0.370. The summed E-state index contributed by atoms with van der Waals surface area (Å²) >= 11 is 0. The first kappa shape index (κ1) is 13.7. The molecule has 0 bridgehead atoms. The molecule has 0 nitrogen and oxygen atoms in total. The van der Waals surface area contributed by atoms with E-state index in [1.807, 2.05) is 0 Å². The van der Waals surface area contributed by atoms with E-state index in [1.54, 1.807) is 0 Å². The molecule has 0 spiro atoms. The third-order valence-electron chi connectivity index (χ3n) is 3.05. The highest BCUT2D eigenvalue weighted by atomic mass is 14.1. The summed E-state index contributed by atoms with van der Waals surface area (Å²) in [6.45, 7) is 13.1. The molecule has 0 heterocycles. The summed E-state index contributed by atoms with van der Waals surface area (Å²) in [7, 11) is 0. The number of hydrogen-bond acceptors (Lipinski definition) is 0. The van der Waals surface area contributed by atoms with E-state index in [1.165, 1.54) is 44.1 Å². The van der Waals surface area contributed by atoms with Crippen molar-refractivity contribution < 1.29 is 0 Å². The Morgan fingerprint density at radius 1 is 1.14 bits per heavy atom. The molecule has 0 aliphatic carbocycles. The van der Waals surface area contributed by atoms with E-state index in [9.17, 15) is 0 Å². The highest BCUT2D eigenvalue weighted by Crippen LogP contribution is 2.20. The molecule has 14 heavy (non-hydrogen) atoms. The Morgan fingerprint density at radius 2 is 1.79 bits per heavy atom. The Labute approximate surface area is 90.8 Å². The molecule has 0 amide bonds. The van der Waals surface area contributed by atoms with Gasteiger partial charge in [0.2, 0.25) is 0 Å². The minimum absolute atomic E-state index is 0.908. The summed E-state index contributed by atoms with van der Waals surface area (Å²) in [6.07, 6.45) is 8.07. The number of allylic oxidation sites excluding steroid dienone is 1. The third kappa shape index (κ3) is 8.34. The number of hydrogen-bond donors (Lipinski definition) is 0. The summed E-state index contributed by atoms with van der Waals surface area (Å²) in [5.41, 5.74) is 1.33. The van der Waals surface area contributed by atoms with E-state index in [2.05, 4.69) is 34.3 Å². The van der Waals surface area contributed by atoms with Crippen LogP contribution in [0.1, 0.15) is 66.2 Å². The fourth-order valence-corrected chi connectivity index (χ4v) is 1.89. The zero-order chi connectivity index (χ0) is 11.0. The van der Waals surface area contributed by atoms with Crippen LogP contribution >= 0.6 is 0 Å². The lowest BCUT2D eigenvalue weighted by atomic mass is 9.91. The second kappa shape index (κ2) is 8.08. The van der Waals surface area contributed by atoms with Gasteiger partial charge in [-0.05, 0) is 38.0 Å². The van der Waals surface area contributed by atoms with E-state index < -0.39 is 0 Å². The van der Waals surface area contributed by atoms with Crippen molar-refractivity contribution in [1.29, 1.82) is 0 Å². The van der Waals surface area contributed by atoms with Crippen LogP contribution in [0.2, 0.25) is 0 Å². The Bertz CT molecular complexity index is 146. The second-order valence-corrected chi connectivity index (χ2v) is 5.06. The van der Waals surface area contributed by atoms with Crippen molar-refractivity contribution in [2.75, 3.05) is 0 Å². The van der Waals surface area contributed by atoms with Crippen molar-refractivity contribution in [2.24, 2.45) is 11.8 Å². The third-order valence-corrected chi connectivity index (χ3v) is 3.05. The fraction of sp³-hybridized carbons (Fsp3) is 0.857. The molecule has 0 saturated heterocycles. The van der Waals surface area contributed by atoms with Crippen molar-refractivity contribution in [3.05, 3.63) is 12.2 Å². The first-order valence-electron chi connectivity index (χ1n) is 6.20. The predicted octanol–water partition coefficient (Wildman–Crippen LogP) is 5.20. The van der Waals surface area contributed by atoms with Gasteiger partial charge in [-0.25, -0.2) is 0 Å². The lowest BCUT2D eigenvalue weighted by molar-refractivity contribution is 0.377. The van der Waals surface area contributed by atoms with Gasteiger partial charge in [0.1, 0.15) is 0 Å². The minimum atomic E-state index is 0.908. The Morgan fingerprint density at radius 3 is 2.29 bits per heavy atom. The minimum Gasteiger partial charge on any atom is -0.100 e.